The lowest BCUT2D eigenvalue weighted by Crippen LogP contribution is -2.16. The average molecular weight is 290 g/mol. The van der Waals surface area contributed by atoms with Crippen LogP contribution < -0.4 is 9.47 Å². The van der Waals surface area contributed by atoms with Gasteiger partial charge in [0.1, 0.15) is 11.5 Å². The Morgan fingerprint density at radius 2 is 1.05 bits per heavy atom. The molecule has 0 aromatic heterocycles. The maximum Gasteiger partial charge on any atom is 0.267 e. The molecule has 0 aliphatic heterocycles. The Kier molecular flexibility index (Phi) is 4.40. The average Bonchev–Trinajstić information content (AvgIpc) is 2.57. The number of benzene rings is 3. The van der Waals surface area contributed by atoms with Gasteiger partial charge >= 0.3 is 0 Å². The van der Waals surface area contributed by atoms with Gasteiger partial charge in [-0.2, -0.15) is 0 Å². The van der Waals surface area contributed by atoms with Gasteiger partial charge in [-0.25, -0.2) is 0 Å². The molecular formula is C20H18O2. The van der Waals surface area contributed by atoms with E-state index in [1.807, 2.05) is 78.9 Å². The normalized spacial score (nSPS) is 10.5. The van der Waals surface area contributed by atoms with Crippen LogP contribution in [0.3, 0.4) is 0 Å². The van der Waals surface area contributed by atoms with Crippen LogP contribution in [0, 0.1) is 6.92 Å². The van der Waals surface area contributed by atoms with Crippen molar-refractivity contribution < 1.29 is 9.47 Å². The van der Waals surface area contributed by atoms with Gasteiger partial charge in [-0.05, 0) is 36.8 Å². The second kappa shape index (κ2) is 6.81. The number of hydrogen-bond donors (Lipinski definition) is 0. The molecule has 0 amide bonds. The van der Waals surface area contributed by atoms with E-state index in [1.165, 1.54) is 0 Å². The Balaban J connectivity index is 1.90. The molecule has 0 saturated heterocycles. The highest BCUT2D eigenvalue weighted by Crippen LogP contribution is 2.27. The van der Waals surface area contributed by atoms with Crippen LogP contribution >= 0.6 is 0 Å². The molecule has 0 spiro atoms. The molecule has 2 nitrogen and oxygen atoms in total. The third kappa shape index (κ3) is 3.47. The molecule has 0 fully saturated rings. The van der Waals surface area contributed by atoms with Gasteiger partial charge in [0.25, 0.3) is 6.29 Å². The predicted octanol–water partition coefficient (Wildman–Crippen LogP) is 5.15. The minimum Gasteiger partial charge on any atom is -0.451 e. The van der Waals surface area contributed by atoms with Crippen molar-refractivity contribution in [3.05, 3.63) is 96.1 Å². The zero-order valence-corrected chi connectivity index (χ0v) is 12.5. The van der Waals surface area contributed by atoms with Gasteiger partial charge in [-0.15, -0.1) is 0 Å². The molecule has 3 rings (SSSR count). The number of aryl methyl sites for hydroxylation is 1. The summed E-state index contributed by atoms with van der Waals surface area (Å²) in [6.07, 6.45) is -0.481. The third-order valence-electron chi connectivity index (χ3n) is 3.42. The van der Waals surface area contributed by atoms with Crippen LogP contribution in [0.2, 0.25) is 0 Å². The predicted molar refractivity (Wildman–Crippen MR) is 88.1 cm³/mol. The molecule has 0 bridgehead atoms. The minimum absolute atomic E-state index is 0.481. The van der Waals surface area contributed by atoms with Gasteiger partial charge in [-0.1, -0.05) is 60.7 Å². The zero-order chi connectivity index (χ0) is 15.2. The lowest BCUT2D eigenvalue weighted by atomic mass is 10.1. The van der Waals surface area contributed by atoms with E-state index in [4.69, 9.17) is 9.47 Å². The van der Waals surface area contributed by atoms with Gasteiger partial charge < -0.3 is 9.47 Å². The number of rotatable bonds is 5. The molecule has 0 aliphatic rings. The van der Waals surface area contributed by atoms with Gasteiger partial charge in [0, 0.05) is 5.56 Å². The molecule has 110 valence electrons. The summed E-state index contributed by atoms with van der Waals surface area (Å²) in [7, 11) is 0. The first-order chi connectivity index (χ1) is 10.8. The van der Waals surface area contributed by atoms with Gasteiger partial charge in [0.15, 0.2) is 0 Å². The molecule has 0 unspecified atom stereocenters. The summed E-state index contributed by atoms with van der Waals surface area (Å²) < 4.78 is 12.1. The van der Waals surface area contributed by atoms with E-state index in [2.05, 4.69) is 13.0 Å². The van der Waals surface area contributed by atoms with Gasteiger partial charge in [0.05, 0.1) is 0 Å². The summed E-state index contributed by atoms with van der Waals surface area (Å²) in [5.41, 5.74) is 2.16. The molecular weight excluding hydrogens is 272 g/mol. The van der Waals surface area contributed by atoms with Crippen molar-refractivity contribution in [2.45, 2.75) is 13.2 Å². The monoisotopic (exact) mass is 290 g/mol. The summed E-state index contributed by atoms with van der Waals surface area (Å²) in [4.78, 5) is 0. The van der Waals surface area contributed by atoms with Crippen molar-refractivity contribution in [3.8, 4) is 11.5 Å². The fraction of sp³-hybridized carbons (Fsp3) is 0.100. The van der Waals surface area contributed by atoms with Crippen LogP contribution in [0.5, 0.6) is 11.5 Å². The summed E-state index contributed by atoms with van der Waals surface area (Å²) in [5.74, 6) is 1.57. The van der Waals surface area contributed by atoms with Crippen molar-refractivity contribution in [2.24, 2.45) is 0 Å². The van der Waals surface area contributed by atoms with Crippen molar-refractivity contribution >= 4 is 0 Å². The quantitative estimate of drug-likeness (QED) is 0.605. The molecule has 3 aromatic carbocycles. The Hall–Kier alpha value is -2.74. The molecule has 22 heavy (non-hydrogen) atoms. The maximum absolute atomic E-state index is 6.06. The van der Waals surface area contributed by atoms with Crippen LogP contribution in [0.1, 0.15) is 17.4 Å². The third-order valence-corrected chi connectivity index (χ3v) is 3.42. The summed E-state index contributed by atoms with van der Waals surface area (Å²) in [6, 6.07) is 27.6. The molecule has 0 N–H and O–H groups in total. The fourth-order valence-corrected chi connectivity index (χ4v) is 2.25. The lowest BCUT2D eigenvalue weighted by Gasteiger charge is -2.22. The lowest BCUT2D eigenvalue weighted by molar-refractivity contribution is 0.00334. The molecule has 3 aromatic rings. The van der Waals surface area contributed by atoms with E-state index in [0.717, 1.165) is 22.6 Å². The first-order valence-electron chi connectivity index (χ1n) is 7.32. The Morgan fingerprint density at radius 1 is 0.591 bits per heavy atom. The van der Waals surface area contributed by atoms with E-state index in [1.54, 1.807) is 0 Å². The SMILES string of the molecule is Cc1ccccc1C(Oc1ccccc1)Oc1ccccc1. The van der Waals surface area contributed by atoms with E-state index < -0.39 is 6.29 Å². The number of ether oxygens (including phenoxy) is 2. The Bertz CT molecular complexity index is 667. The summed E-state index contributed by atoms with van der Waals surface area (Å²) >= 11 is 0. The second-order valence-electron chi connectivity index (χ2n) is 5.05. The molecule has 0 saturated carbocycles. The van der Waals surface area contributed by atoms with Gasteiger partial charge in [0.2, 0.25) is 0 Å². The van der Waals surface area contributed by atoms with E-state index in [-0.39, 0.29) is 0 Å². The molecule has 0 radical (unpaired) electrons. The van der Waals surface area contributed by atoms with Crippen molar-refractivity contribution in [2.75, 3.05) is 0 Å². The van der Waals surface area contributed by atoms with Crippen molar-refractivity contribution in [1.82, 2.24) is 0 Å². The Morgan fingerprint density at radius 3 is 1.55 bits per heavy atom. The highest BCUT2D eigenvalue weighted by Gasteiger charge is 2.17. The fourth-order valence-electron chi connectivity index (χ4n) is 2.25. The first kappa shape index (κ1) is 14.2. The number of para-hydroxylation sites is 2. The molecule has 2 heteroatoms. The topological polar surface area (TPSA) is 18.5 Å². The highest BCUT2D eigenvalue weighted by atomic mass is 16.7. The Labute approximate surface area is 131 Å². The highest BCUT2D eigenvalue weighted by molar-refractivity contribution is 5.30. The number of hydrogen-bond acceptors (Lipinski definition) is 2. The van der Waals surface area contributed by atoms with Crippen molar-refractivity contribution in [3.63, 3.8) is 0 Å². The summed E-state index contributed by atoms with van der Waals surface area (Å²) in [5, 5.41) is 0. The first-order valence-corrected chi connectivity index (χ1v) is 7.32. The zero-order valence-electron chi connectivity index (χ0n) is 12.5. The molecule has 0 atom stereocenters. The minimum atomic E-state index is -0.481. The van der Waals surface area contributed by atoms with Crippen LogP contribution in [0.15, 0.2) is 84.9 Å². The van der Waals surface area contributed by atoms with E-state index in [0.29, 0.717) is 0 Å². The van der Waals surface area contributed by atoms with Crippen LogP contribution in [-0.2, 0) is 0 Å². The van der Waals surface area contributed by atoms with Crippen LogP contribution in [0.25, 0.3) is 0 Å². The van der Waals surface area contributed by atoms with Crippen molar-refractivity contribution in [1.29, 1.82) is 0 Å². The smallest absolute Gasteiger partial charge is 0.267 e. The standard InChI is InChI=1S/C20H18O2/c1-16-10-8-9-15-19(16)20(21-17-11-4-2-5-12-17)22-18-13-6-3-7-14-18/h2-15,20H,1H3. The van der Waals surface area contributed by atoms with Crippen LogP contribution in [-0.4, -0.2) is 0 Å². The van der Waals surface area contributed by atoms with E-state index >= 15 is 0 Å². The van der Waals surface area contributed by atoms with Gasteiger partial charge in [-0.3, -0.25) is 0 Å². The molecule has 0 heterocycles. The second-order valence-corrected chi connectivity index (χ2v) is 5.05. The van der Waals surface area contributed by atoms with Crippen LogP contribution in [0.4, 0.5) is 0 Å². The summed E-state index contributed by atoms with van der Waals surface area (Å²) in [6.45, 7) is 2.06. The largest absolute Gasteiger partial charge is 0.451 e. The maximum atomic E-state index is 6.06. The molecule has 0 aliphatic carbocycles. The van der Waals surface area contributed by atoms with E-state index in [9.17, 15) is 0 Å².